The summed E-state index contributed by atoms with van der Waals surface area (Å²) in [6.07, 6.45) is 4.99. The first-order valence-electron chi connectivity index (χ1n) is 4.96. The summed E-state index contributed by atoms with van der Waals surface area (Å²) in [7, 11) is 0. The minimum atomic E-state index is 0.348. The van der Waals surface area contributed by atoms with Crippen molar-refractivity contribution in [1.29, 1.82) is 0 Å². The predicted octanol–water partition coefficient (Wildman–Crippen LogP) is 1.73. The van der Waals surface area contributed by atoms with Crippen LogP contribution in [0.5, 0.6) is 0 Å². The molecule has 2 heterocycles. The summed E-state index contributed by atoms with van der Waals surface area (Å²) in [4.78, 5) is 12.4. The molecule has 0 bridgehead atoms. The average Bonchev–Trinajstić information content (AvgIpc) is 2.81. The number of nitrogens with one attached hydrogen (secondary N) is 1. The average molecular weight is 235 g/mol. The fourth-order valence-corrected chi connectivity index (χ4v) is 1.94. The molecule has 0 saturated carbocycles. The molecule has 0 radical (unpaired) electrons. The number of aromatic nitrogens is 3. The largest absolute Gasteiger partial charge is 0.396 e. The van der Waals surface area contributed by atoms with Gasteiger partial charge in [-0.15, -0.1) is 11.3 Å². The maximum Gasteiger partial charge on any atom is 0.222 e. The van der Waals surface area contributed by atoms with Crippen molar-refractivity contribution in [3.05, 3.63) is 29.0 Å². The third kappa shape index (κ3) is 2.66. The standard InChI is InChI=1S/C10H13N5S/c1-7(9-12-2-3-16-9)4-13-10-14-5-8(11)6-15-10/h2-3,5-7H,4,11H2,1H3,(H,13,14,15). The van der Waals surface area contributed by atoms with Gasteiger partial charge >= 0.3 is 0 Å². The van der Waals surface area contributed by atoms with Crippen LogP contribution in [-0.4, -0.2) is 21.5 Å². The summed E-state index contributed by atoms with van der Waals surface area (Å²) < 4.78 is 0. The third-order valence-electron chi connectivity index (χ3n) is 2.11. The molecule has 0 fully saturated rings. The van der Waals surface area contributed by atoms with Crippen molar-refractivity contribution < 1.29 is 0 Å². The lowest BCUT2D eigenvalue weighted by atomic mass is 10.2. The van der Waals surface area contributed by atoms with Crippen LogP contribution in [0.1, 0.15) is 17.8 Å². The second-order valence-electron chi connectivity index (χ2n) is 3.49. The van der Waals surface area contributed by atoms with E-state index in [1.54, 1.807) is 23.7 Å². The van der Waals surface area contributed by atoms with Crippen molar-refractivity contribution in [3.8, 4) is 0 Å². The molecule has 6 heteroatoms. The lowest BCUT2D eigenvalue weighted by Crippen LogP contribution is -2.11. The van der Waals surface area contributed by atoms with Gasteiger partial charge in [-0.3, -0.25) is 0 Å². The van der Waals surface area contributed by atoms with E-state index in [1.165, 1.54) is 0 Å². The van der Waals surface area contributed by atoms with Crippen molar-refractivity contribution in [1.82, 2.24) is 15.0 Å². The first-order valence-corrected chi connectivity index (χ1v) is 5.84. The van der Waals surface area contributed by atoms with Gasteiger partial charge in [-0.25, -0.2) is 15.0 Å². The first kappa shape index (κ1) is 10.8. The molecule has 0 saturated heterocycles. The SMILES string of the molecule is CC(CNc1ncc(N)cn1)c1nccs1. The summed E-state index contributed by atoms with van der Waals surface area (Å²) in [5.74, 6) is 0.943. The Labute approximate surface area is 97.8 Å². The van der Waals surface area contributed by atoms with Gasteiger partial charge in [0.25, 0.3) is 0 Å². The molecule has 1 atom stereocenters. The molecule has 16 heavy (non-hydrogen) atoms. The van der Waals surface area contributed by atoms with Gasteiger partial charge in [-0.2, -0.15) is 0 Å². The van der Waals surface area contributed by atoms with Crippen LogP contribution in [0.4, 0.5) is 11.6 Å². The van der Waals surface area contributed by atoms with E-state index in [0.29, 0.717) is 17.6 Å². The number of thiazole rings is 1. The Kier molecular flexibility index (Phi) is 3.31. The molecule has 5 nitrogen and oxygen atoms in total. The van der Waals surface area contributed by atoms with Crippen molar-refractivity contribution in [2.45, 2.75) is 12.8 Å². The monoisotopic (exact) mass is 235 g/mol. The number of hydrogen-bond donors (Lipinski definition) is 2. The van der Waals surface area contributed by atoms with E-state index < -0.39 is 0 Å². The van der Waals surface area contributed by atoms with Gasteiger partial charge in [0, 0.05) is 24.0 Å². The number of hydrogen-bond acceptors (Lipinski definition) is 6. The highest BCUT2D eigenvalue weighted by Gasteiger charge is 2.08. The molecule has 3 N–H and O–H groups in total. The van der Waals surface area contributed by atoms with Crippen LogP contribution >= 0.6 is 11.3 Å². The second-order valence-corrected chi connectivity index (χ2v) is 4.42. The summed E-state index contributed by atoms with van der Waals surface area (Å²) in [5.41, 5.74) is 6.07. The van der Waals surface area contributed by atoms with Crippen LogP contribution < -0.4 is 11.1 Å². The van der Waals surface area contributed by atoms with E-state index in [0.717, 1.165) is 11.6 Å². The Hall–Kier alpha value is -1.69. The maximum atomic E-state index is 5.50. The minimum absolute atomic E-state index is 0.348. The maximum absolute atomic E-state index is 5.50. The van der Waals surface area contributed by atoms with Crippen LogP contribution in [0.15, 0.2) is 24.0 Å². The number of rotatable bonds is 4. The quantitative estimate of drug-likeness (QED) is 0.844. The molecular weight excluding hydrogens is 222 g/mol. The predicted molar refractivity (Wildman–Crippen MR) is 65.5 cm³/mol. The van der Waals surface area contributed by atoms with Crippen LogP contribution in [0, 0.1) is 0 Å². The molecule has 0 spiro atoms. The molecule has 0 amide bonds. The Morgan fingerprint density at radius 2 is 2.12 bits per heavy atom. The van der Waals surface area contributed by atoms with E-state index in [2.05, 4.69) is 27.2 Å². The van der Waals surface area contributed by atoms with Crippen molar-refractivity contribution >= 4 is 23.0 Å². The number of nitrogens with two attached hydrogens (primary N) is 1. The van der Waals surface area contributed by atoms with Crippen LogP contribution in [0.25, 0.3) is 0 Å². The first-order chi connectivity index (χ1) is 7.75. The van der Waals surface area contributed by atoms with Gasteiger partial charge in [0.15, 0.2) is 0 Å². The van der Waals surface area contributed by atoms with E-state index in [-0.39, 0.29) is 0 Å². The Morgan fingerprint density at radius 1 is 1.38 bits per heavy atom. The molecule has 2 aromatic rings. The van der Waals surface area contributed by atoms with E-state index >= 15 is 0 Å². The number of nitrogen functional groups attached to an aromatic ring is 1. The van der Waals surface area contributed by atoms with Crippen LogP contribution in [-0.2, 0) is 0 Å². The fraction of sp³-hybridized carbons (Fsp3) is 0.300. The zero-order valence-corrected chi connectivity index (χ0v) is 9.74. The van der Waals surface area contributed by atoms with Crippen molar-refractivity contribution in [2.24, 2.45) is 0 Å². The molecule has 0 aliphatic heterocycles. The highest BCUT2D eigenvalue weighted by atomic mass is 32.1. The molecule has 0 aliphatic rings. The Balaban J connectivity index is 1.90. The van der Waals surface area contributed by atoms with Gasteiger partial charge in [-0.05, 0) is 0 Å². The molecule has 0 aliphatic carbocycles. The van der Waals surface area contributed by atoms with Crippen LogP contribution in [0.2, 0.25) is 0 Å². The molecule has 2 rings (SSSR count). The van der Waals surface area contributed by atoms with Gasteiger partial charge in [0.1, 0.15) is 0 Å². The number of anilines is 2. The molecule has 1 unspecified atom stereocenters. The topological polar surface area (TPSA) is 76.7 Å². The van der Waals surface area contributed by atoms with Gasteiger partial charge in [0.05, 0.1) is 23.1 Å². The van der Waals surface area contributed by atoms with Crippen molar-refractivity contribution in [3.63, 3.8) is 0 Å². The molecule has 84 valence electrons. The minimum Gasteiger partial charge on any atom is -0.396 e. The van der Waals surface area contributed by atoms with Crippen LogP contribution in [0.3, 0.4) is 0 Å². The van der Waals surface area contributed by atoms with Crippen molar-refractivity contribution in [2.75, 3.05) is 17.6 Å². The molecule has 0 aromatic carbocycles. The highest BCUT2D eigenvalue weighted by Crippen LogP contribution is 2.17. The van der Waals surface area contributed by atoms with Gasteiger partial charge < -0.3 is 11.1 Å². The summed E-state index contributed by atoms with van der Waals surface area (Å²) in [6.45, 7) is 2.88. The third-order valence-corrected chi connectivity index (χ3v) is 3.12. The smallest absolute Gasteiger partial charge is 0.222 e. The summed E-state index contributed by atoms with van der Waals surface area (Å²) >= 11 is 1.66. The van der Waals surface area contributed by atoms with Gasteiger partial charge in [-0.1, -0.05) is 6.92 Å². The summed E-state index contributed by atoms with van der Waals surface area (Å²) in [6, 6.07) is 0. The normalized spacial score (nSPS) is 12.3. The second kappa shape index (κ2) is 4.89. The van der Waals surface area contributed by atoms with E-state index in [4.69, 9.17) is 5.73 Å². The van der Waals surface area contributed by atoms with Gasteiger partial charge in [0.2, 0.25) is 5.95 Å². The van der Waals surface area contributed by atoms with E-state index in [1.807, 2.05) is 11.6 Å². The fourth-order valence-electron chi connectivity index (χ4n) is 1.24. The Bertz CT molecular complexity index is 425. The molecular formula is C10H13N5S. The lowest BCUT2D eigenvalue weighted by Gasteiger charge is -2.09. The zero-order chi connectivity index (χ0) is 11.4. The zero-order valence-electron chi connectivity index (χ0n) is 8.92. The lowest BCUT2D eigenvalue weighted by molar-refractivity contribution is 0.787. The summed E-state index contributed by atoms with van der Waals surface area (Å²) in [5, 5.41) is 6.24. The van der Waals surface area contributed by atoms with E-state index in [9.17, 15) is 0 Å². The molecule has 2 aromatic heterocycles. The highest BCUT2D eigenvalue weighted by molar-refractivity contribution is 7.09. The Morgan fingerprint density at radius 3 is 2.75 bits per heavy atom. The number of nitrogens with zero attached hydrogens (tertiary/aromatic N) is 3.